The van der Waals surface area contributed by atoms with Gasteiger partial charge in [0.25, 0.3) is 0 Å². The van der Waals surface area contributed by atoms with E-state index >= 15 is 0 Å². The highest BCUT2D eigenvalue weighted by Gasteiger charge is 2.58. The van der Waals surface area contributed by atoms with E-state index < -0.39 is 0 Å². The van der Waals surface area contributed by atoms with Crippen LogP contribution in [0.15, 0.2) is 0 Å². The molecule has 0 aromatic heterocycles. The summed E-state index contributed by atoms with van der Waals surface area (Å²) < 4.78 is 5.99. The van der Waals surface area contributed by atoms with Gasteiger partial charge < -0.3 is 9.84 Å². The summed E-state index contributed by atoms with van der Waals surface area (Å²) in [6.07, 6.45) is 5.01. The molecule has 1 N–H and O–H groups in total. The Balaban J connectivity index is 2.22. The molecule has 0 amide bonds. The third-order valence-electron chi connectivity index (χ3n) is 6.97. The summed E-state index contributed by atoms with van der Waals surface area (Å²) in [5.74, 6) is 0.805. The van der Waals surface area contributed by atoms with Crippen LogP contribution in [-0.2, 0) is 9.53 Å². The van der Waals surface area contributed by atoms with Crippen molar-refractivity contribution in [2.75, 3.05) is 0 Å². The standard InChI is InChI=1S/C21H38O3/c1-14(2)12-18(23)24-17-13-20(5,6)15-8-10-19(3,4)16(22)9-11-21(15,17)7/h14-17,22H,8-13H2,1-7H3/t15-,16+,17-,21+/m0/s1. The van der Waals surface area contributed by atoms with E-state index in [1.165, 1.54) is 0 Å². The highest BCUT2D eigenvalue weighted by Crippen LogP contribution is 2.61. The van der Waals surface area contributed by atoms with E-state index in [1.807, 2.05) is 0 Å². The smallest absolute Gasteiger partial charge is 0.306 e. The highest BCUT2D eigenvalue weighted by atomic mass is 16.5. The first-order chi connectivity index (χ1) is 10.9. The molecule has 2 rings (SSSR count). The first-order valence-corrected chi connectivity index (χ1v) is 9.76. The zero-order chi connectivity index (χ0) is 18.3. The van der Waals surface area contributed by atoms with Crippen LogP contribution in [0.25, 0.3) is 0 Å². The van der Waals surface area contributed by atoms with Crippen LogP contribution in [0.4, 0.5) is 0 Å². The van der Waals surface area contributed by atoms with Crippen molar-refractivity contribution in [2.24, 2.45) is 28.1 Å². The SMILES string of the molecule is CC(C)CC(=O)O[C@H]1CC(C)(C)[C@@H]2CCC(C)(C)[C@H](O)CC[C@@]12C. The van der Waals surface area contributed by atoms with E-state index in [2.05, 4.69) is 48.5 Å². The van der Waals surface area contributed by atoms with Crippen molar-refractivity contribution >= 4 is 5.97 Å². The summed E-state index contributed by atoms with van der Waals surface area (Å²) in [6.45, 7) is 15.4. The van der Waals surface area contributed by atoms with Crippen molar-refractivity contribution < 1.29 is 14.6 Å². The zero-order valence-corrected chi connectivity index (χ0v) is 16.8. The van der Waals surface area contributed by atoms with Gasteiger partial charge in [-0.1, -0.05) is 48.5 Å². The monoisotopic (exact) mass is 338 g/mol. The van der Waals surface area contributed by atoms with Gasteiger partial charge in [-0.3, -0.25) is 4.79 Å². The minimum Gasteiger partial charge on any atom is -0.462 e. The number of ether oxygens (including phenoxy) is 1. The van der Waals surface area contributed by atoms with E-state index in [1.54, 1.807) is 0 Å². The lowest BCUT2D eigenvalue weighted by Crippen LogP contribution is -2.42. The molecule has 4 atom stereocenters. The Bertz CT molecular complexity index is 466. The summed E-state index contributed by atoms with van der Waals surface area (Å²) in [7, 11) is 0. The minimum atomic E-state index is -0.272. The van der Waals surface area contributed by atoms with Crippen LogP contribution >= 0.6 is 0 Å². The van der Waals surface area contributed by atoms with E-state index in [-0.39, 0.29) is 34.4 Å². The molecule has 0 radical (unpaired) electrons. The van der Waals surface area contributed by atoms with Crippen molar-refractivity contribution in [2.45, 2.75) is 99.2 Å². The molecule has 24 heavy (non-hydrogen) atoms. The number of esters is 1. The molecule has 0 heterocycles. The van der Waals surface area contributed by atoms with Crippen molar-refractivity contribution in [1.82, 2.24) is 0 Å². The second kappa shape index (κ2) is 6.63. The Labute approximate surface area is 148 Å². The fourth-order valence-electron chi connectivity index (χ4n) is 5.26. The molecule has 0 saturated heterocycles. The Morgan fingerprint density at radius 1 is 1.08 bits per heavy atom. The molecular formula is C21H38O3. The van der Waals surface area contributed by atoms with Gasteiger partial charge in [-0.2, -0.15) is 0 Å². The summed E-state index contributed by atoms with van der Waals surface area (Å²) >= 11 is 0. The highest BCUT2D eigenvalue weighted by molar-refractivity contribution is 5.69. The quantitative estimate of drug-likeness (QED) is 0.740. The number of rotatable bonds is 3. The van der Waals surface area contributed by atoms with Gasteiger partial charge in [0.05, 0.1) is 6.10 Å². The number of aliphatic hydroxyl groups is 1. The Kier molecular flexibility index (Phi) is 5.45. The van der Waals surface area contributed by atoms with Crippen molar-refractivity contribution in [3.8, 4) is 0 Å². The lowest BCUT2D eigenvalue weighted by molar-refractivity contribution is -0.157. The van der Waals surface area contributed by atoms with Gasteiger partial charge in [-0.25, -0.2) is 0 Å². The van der Waals surface area contributed by atoms with Gasteiger partial charge in [0.1, 0.15) is 6.10 Å². The van der Waals surface area contributed by atoms with E-state index in [9.17, 15) is 9.90 Å². The topological polar surface area (TPSA) is 46.5 Å². The van der Waals surface area contributed by atoms with E-state index in [0.717, 1.165) is 32.1 Å². The third kappa shape index (κ3) is 3.81. The Hall–Kier alpha value is -0.570. The molecule has 2 aliphatic carbocycles. The predicted molar refractivity (Wildman–Crippen MR) is 97.6 cm³/mol. The van der Waals surface area contributed by atoms with Crippen molar-refractivity contribution in [1.29, 1.82) is 0 Å². The molecule has 0 bridgehead atoms. The molecule has 140 valence electrons. The van der Waals surface area contributed by atoms with E-state index in [0.29, 0.717) is 18.3 Å². The number of hydrogen-bond acceptors (Lipinski definition) is 3. The molecular weight excluding hydrogens is 300 g/mol. The fraction of sp³-hybridized carbons (Fsp3) is 0.952. The molecule has 2 fully saturated rings. The molecule has 2 aliphatic rings. The molecule has 3 nitrogen and oxygen atoms in total. The molecule has 0 aromatic rings. The summed E-state index contributed by atoms with van der Waals surface area (Å²) in [5, 5.41) is 10.6. The van der Waals surface area contributed by atoms with Crippen LogP contribution in [-0.4, -0.2) is 23.3 Å². The first-order valence-electron chi connectivity index (χ1n) is 9.76. The summed E-state index contributed by atoms with van der Waals surface area (Å²) in [6, 6.07) is 0. The minimum absolute atomic E-state index is 0.0165. The Morgan fingerprint density at radius 3 is 2.29 bits per heavy atom. The van der Waals surface area contributed by atoms with E-state index in [4.69, 9.17) is 4.74 Å². The summed E-state index contributed by atoms with van der Waals surface area (Å²) in [5.41, 5.74) is 0.132. The normalized spacial score (nSPS) is 38.3. The first kappa shape index (κ1) is 19.8. The van der Waals surface area contributed by atoms with Gasteiger partial charge in [0.2, 0.25) is 0 Å². The molecule has 2 saturated carbocycles. The number of carbonyl (C=O) groups excluding carboxylic acids is 1. The average molecular weight is 339 g/mol. The molecule has 3 heteroatoms. The number of hydrogen-bond donors (Lipinski definition) is 1. The third-order valence-corrected chi connectivity index (χ3v) is 6.97. The summed E-state index contributed by atoms with van der Waals surface area (Å²) in [4.78, 5) is 12.3. The fourth-order valence-corrected chi connectivity index (χ4v) is 5.26. The van der Waals surface area contributed by atoms with Gasteiger partial charge in [0, 0.05) is 11.8 Å². The van der Waals surface area contributed by atoms with Gasteiger partial charge in [-0.15, -0.1) is 0 Å². The lowest BCUT2D eigenvalue weighted by atomic mass is 9.61. The van der Waals surface area contributed by atoms with Crippen LogP contribution in [0, 0.1) is 28.1 Å². The second-order valence-corrected chi connectivity index (χ2v) is 10.4. The van der Waals surface area contributed by atoms with Crippen molar-refractivity contribution in [3.63, 3.8) is 0 Å². The maximum absolute atomic E-state index is 12.3. The Morgan fingerprint density at radius 2 is 1.71 bits per heavy atom. The maximum Gasteiger partial charge on any atom is 0.306 e. The van der Waals surface area contributed by atoms with Gasteiger partial charge >= 0.3 is 5.97 Å². The van der Waals surface area contributed by atoms with Gasteiger partial charge in [-0.05, 0) is 54.8 Å². The zero-order valence-electron chi connectivity index (χ0n) is 16.8. The number of fused-ring (bicyclic) bond motifs is 1. The van der Waals surface area contributed by atoms with Crippen LogP contribution in [0.2, 0.25) is 0 Å². The molecule has 0 aromatic carbocycles. The van der Waals surface area contributed by atoms with Crippen molar-refractivity contribution in [3.05, 3.63) is 0 Å². The second-order valence-electron chi connectivity index (χ2n) is 10.4. The van der Waals surface area contributed by atoms with Crippen LogP contribution in [0.1, 0.15) is 87.0 Å². The molecule has 0 unspecified atom stereocenters. The van der Waals surface area contributed by atoms with Gasteiger partial charge in [0.15, 0.2) is 0 Å². The largest absolute Gasteiger partial charge is 0.462 e. The average Bonchev–Trinajstić information content (AvgIpc) is 2.59. The molecule has 0 aliphatic heterocycles. The molecule has 0 spiro atoms. The number of aliphatic hydroxyl groups excluding tert-OH is 1. The predicted octanol–water partition coefficient (Wildman–Crippen LogP) is 4.96. The maximum atomic E-state index is 12.3. The number of carbonyl (C=O) groups is 1. The lowest BCUT2D eigenvalue weighted by Gasteiger charge is -2.45. The van der Waals surface area contributed by atoms with Crippen LogP contribution in [0.3, 0.4) is 0 Å². The van der Waals surface area contributed by atoms with Crippen LogP contribution in [0.5, 0.6) is 0 Å². The van der Waals surface area contributed by atoms with Crippen LogP contribution < -0.4 is 0 Å².